The molecule has 0 radical (unpaired) electrons. The van der Waals surface area contributed by atoms with Crippen LogP contribution in [0.25, 0.3) is 11.2 Å². The first-order chi connectivity index (χ1) is 10.3. The molecule has 106 valence electrons. The summed E-state index contributed by atoms with van der Waals surface area (Å²) >= 11 is 6.17. The zero-order valence-electron chi connectivity index (χ0n) is 11.3. The van der Waals surface area contributed by atoms with E-state index in [1.807, 2.05) is 30.6 Å². The molecule has 0 spiro atoms. The van der Waals surface area contributed by atoms with Crippen LogP contribution in [0.15, 0.2) is 36.9 Å². The standard InChI is InChI=1S/C15H14ClN5/c16-12-4-2-1-3-10(12)7-17-14-13-15(19-8-18-14)21(9-20-13)11-5-6-11/h1-4,8-9,11H,5-7H2,(H,17,18,19). The number of benzene rings is 1. The number of anilines is 1. The molecule has 6 heteroatoms. The van der Waals surface area contributed by atoms with Gasteiger partial charge < -0.3 is 9.88 Å². The summed E-state index contributed by atoms with van der Waals surface area (Å²) in [5.74, 6) is 0.749. The maximum absolute atomic E-state index is 6.17. The molecule has 0 aliphatic heterocycles. The number of imidazole rings is 1. The average Bonchev–Trinajstić information content (AvgIpc) is 3.26. The topological polar surface area (TPSA) is 55.6 Å². The van der Waals surface area contributed by atoms with Crippen LogP contribution in [0.5, 0.6) is 0 Å². The SMILES string of the molecule is Clc1ccccc1CNc1ncnc2c1ncn2C1CC1. The Morgan fingerprint density at radius 1 is 1.19 bits per heavy atom. The van der Waals surface area contributed by atoms with Gasteiger partial charge in [-0.1, -0.05) is 29.8 Å². The van der Waals surface area contributed by atoms with Crippen molar-refractivity contribution in [2.24, 2.45) is 0 Å². The van der Waals surface area contributed by atoms with Crippen LogP contribution < -0.4 is 5.32 Å². The van der Waals surface area contributed by atoms with E-state index in [9.17, 15) is 0 Å². The summed E-state index contributed by atoms with van der Waals surface area (Å²) in [5.41, 5.74) is 2.75. The Balaban J connectivity index is 1.63. The highest BCUT2D eigenvalue weighted by Gasteiger charge is 2.26. The number of halogens is 1. The van der Waals surface area contributed by atoms with Gasteiger partial charge in [-0.25, -0.2) is 15.0 Å². The summed E-state index contributed by atoms with van der Waals surface area (Å²) in [6.45, 7) is 0.613. The molecular weight excluding hydrogens is 286 g/mol. The second kappa shape index (κ2) is 5.00. The van der Waals surface area contributed by atoms with Crippen LogP contribution >= 0.6 is 11.6 Å². The second-order valence-corrected chi connectivity index (χ2v) is 5.63. The molecule has 0 amide bonds. The van der Waals surface area contributed by atoms with Crippen molar-refractivity contribution in [1.29, 1.82) is 0 Å². The zero-order chi connectivity index (χ0) is 14.2. The first-order valence-electron chi connectivity index (χ1n) is 6.98. The summed E-state index contributed by atoms with van der Waals surface area (Å²) in [6, 6.07) is 8.33. The third kappa shape index (κ3) is 2.34. The van der Waals surface area contributed by atoms with Gasteiger partial charge in [-0.2, -0.15) is 0 Å². The smallest absolute Gasteiger partial charge is 0.165 e. The normalized spacial score (nSPS) is 14.5. The Labute approximate surface area is 127 Å². The van der Waals surface area contributed by atoms with Gasteiger partial charge in [0.25, 0.3) is 0 Å². The van der Waals surface area contributed by atoms with E-state index < -0.39 is 0 Å². The highest BCUT2D eigenvalue weighted by Crippen LogP contribution is 2.37. The molecule has 1 aliphatic carbocycles. The van der Waals surface area contributed by atoms with Gasteiger partial charge in [-0.05, 0) is 24.5 Å². The first kappa shape index (κ1) is 12.6. The molecule has 0 unspecified atom stereocenters. The van der Waals surface area contributed by atoms with E-state index >= 15 is 0 Å². The lowest BCUT2D eigenvalue weighted by atomic mass is 10.2. The van der Waals surface area contributed by atoms with Crippen molar-refractivity contribution in [1.82, 2.24) is 19.5 Å². The van der Waals surface area contributed by atoms with E-state index in [2.05, 4.69) is 24.8 Å². The van der Waals surface area contributed by atoms with Crippen LogP contribution in [0.3, 0.4) is 0 Å². The molecule has 2 aromatic heterocycles. The molecule has 1 aliphatic rings. The van der Waals surface area contributed by atoms with Crippen LogP contribution in [0, 0.1) is 0 Å². The summed E-state index contributed by atoms with van der Waals surface area (Å²) in [6.07, 6.45) is 5.85. The summed E-state index contributed by atoms with van der Waals surface area (Å²) < 4.78 is 2.14. The molecule has 4 rings (SSSR count). The molecule has 1 saturated carbocycles. The van der Waals surface area contributed by atoms with E-state index in [0.29, 0.717) is 12.6 Å². The number of fused-ring (bicyclic) bond motifs is 1. The van der Waals surface area contributed by atoms with Crippen molar-refractivity contribution in [2.75, 3.05) is 5.32 Å². The molecule has 3 aromatic rings. The highest BCUT2D eigenvalue weighted by atomic mass is 35.5. The van der Waals surface area contributed by atoms with E-state index in [-0.39, 0.29) is 0 Å². The van der Waals surface area contributed by atoms with Crippen LogP contribution in [0.4, 0.5) is 5.82 Å². The fourth-order valence-electron chi connectivity index (χ4n) is 2.42. The second-order valence-electron chi connectivity index (χ2n) is 5.22. The Morgan fingerprint density at radius 2 is 2.05 bits per heavy atom. The number of rotatable bonds is 4. The van der Waals surface area contributed by atoms with Gasteiger partial charge in [-0.3, -0.25) is 0 Å². The van der Waals surface area contributed by atoms with Crippen molar-refractivity contribution >= 4 is 28.6 Å². The third-order valence-electron chi connectivity index (χ3n) is 3.70. The largest absolute Gasteiger partial charge is 0.364 e. The van der Waals surface area contributed by atoms with Crippen molar-refractivity contribution < 1.29 is 0 Å². The van der Waals surface area contributed by atoms with E-state index in [1.165, 1.54) is 12.8 Å². The maximum Gasteiger partial charge on any atom is 0.165 e. The molecule has 0 saturated heterocycles. The molecule has 5 nitrogen and oxygen atoms in total. The minimum Gasteiger partial charge on any atom is -0.364 e. The number of nitrogens with zero attached hydrogens (tertiary/aromatic N) is 4. The third-order valence-corrected chi connectivity index (χ3v) is 4.07. The van der Waals surface area contributed by atoms with Gasteiger partial charge in [0.2, 0.25) is 0 Å². The Kier molecular flexibility index (Phi) is 3.00. The van der Waals surface area contributed by atoms with Crippen LogP contribution in [0.2, 0.25) is 5.02 Å². The van der Waals surface area contributed by atoms with Crippen molar-refractivity contribution in [3.63, 3.8) is 0 Å². The lowest BCUT2D eigenvalue weighted by molar-refractivity contribution is 0.756. The molecule has 1 aromatic carbocycles. The van der Waals surface area contributed by atoms with Gasteiger partial charge in [0.05, 0.1) is 6.33 Å². The number of nitrogens with one attached hydrogen (secondary N) is 1. The number of aromatic nitrogens is 4. The van der Waals surface area contributed by atoms with E-state index in [4.69, 9.17) is 11.6 Å². The van der Waals surface area contributed by atoms with Crippen molar-refractivity contribution in [3.8, 4) is 0 Å². The maximum atomic E-state index is 6.17. The van der Waals surface area contributed by atoms with E-state index in [0.717, 1.165) is 27.6 Å². The fourth-order valence-corrected chi connectivity index (χ4v) is 2.62. The van der Waals surface area contributed by atoms with Crippen LogP contribution in [-0.2, 0) is 6.54 Å². The molecule has 0 bridgehead atoms. The highest BCUT2D eigenvalue weighted by molar-refractivity contribution is 6.31. The number of hydrogen-bond donors (Lipinski definition) is 1. The van der Waals surface area contributed by atoms with E-state index in [1.54, 1.807) is 6.33 Å². The summed E-state index contributed by atoms with van der Waals surface area (Å²) in [4.78, 5) is 13.1. The van der Waals surface area contributed by atoms with Gasteiger partial charge in [0, 0.05) is 17.6 Å². The molecule has 1 N–H and O–H groups in total. The van der Waals surface area contributed by atoms with Gasteiger partial charge in [0.1, 0.15) is 11.8 Å². The lowest BCUT2D eigenvalue weighted by Crippen LogP contribution is -2.03. The lowest BCUT2D eigenvalue weighted by Gasteiger charge is -2.07. The van der Waals surface area contributed by atoms with Gasteiger partial charge in [-0.15, -0.1) is 0 Å². The average molecular weight is 300 g/mol. The van der Waals surface area contributed by atoms with Gasteiger partial charge in [0.15, 0.2) is 11.5 Å². The Morgan fingerprint density at radius 3 is 2.86 bits per heavy atom. The quantitative estimate of drug-likeness (QED) is 0.802. The summed E-state index contributed by atoms with van der Waals surface area (Å²) in [5, 5.41) is 4.05. The van der Waals surface area contributed by atoms with Crippen molar-refractivity contribution in [3.05, 3.63) is 47.5 Å². The van der Waals surface area contributed by atoms with Gasteiger partial charge >= 0.3 is 0 Å². The molecule has 1 fully saturated rings. The van der Waals surface area contributed by atoms with Crippen LogP contribution in [-0.4, -0.2) is 19.5 Å². The zero-order valence-corrected chi connectivity index (χ0v) is 12.1. The monoisotopic (exact) mass is 299 g/mol. The molecular formula is C15H14ClN5. The number of hydrogen-bond acceptors (Lipinski definition) is 4. The minimum absolute atomic E-state index is 0.557. The first-order valence-corrected chi connectivity index (χ1v) is 7.35. The predicted molar refractivity (Wildman–Crippen MR) is 82.4 cm³/mol. The Hall–Kier alpha value is -2.14. The van der Waals surface area contributed by atoms with Crippen LogP contribution in [0.1, 0.15) is 24.4 Å². The van der Waals surface area contributed by atoms with Crippen molar-refractivity contribution in [2.45, 2.75) is 25.4 Å². The predicted octanol–water partition coefficient (Wildman–Crippen LogP) is 3.43. The minimum atomic E-state index is 0.557. The summed E-state index contributed by atoms with van der Waals surface area (Å²) in [7, 11) is 0. The molecule has 0 atom stereocenters. The Bertz CT molecular complexity index is 794. The molecule has 21 heavy (non-hydrogen) atoms. The fraction of sp³-hybridized carbons (Fsp3) is 0.267. The molecule has 2 heterocycles.